The molecule has 0 radical (unpaired) electrons. The van der Waals surface area contributed by atoms with Crippen molar-refractivity contribution in [2.45, 2.75) is 88.9 Å². The molecule has 5 rings (SSSR count). The van der Waals surface area contributed by atoms with Crippen LogP contribution in [-0.4, -0.2) is 32.0 Å². The third-order valence-electron chi connectivity index (χ3n) is 10.1. The molecule has 4 nitrogen and oxygen atoms in total. The van der Waals surface area contributed by atoms with Gasteiger partial charge in [-0.1, -0.05) is 13.8 Å². The zero-order valence-electron chi connectivity index (χ0n) is 17.3. The molecular weight excluding hydrogens is 350 g/mol. The smallest absolute Gasteiger partial charge is 0.0979 e. The number of fused-ring (bicyclic) bond motifs is 5. The van der Waals surface area contributed by atoms with Gasteiger partial charge in [-0.2, -0.15) is 0 Å². The van der Waals surface area contributed by atoms with E-state index in [2.05, 4.69) is 18.8 Å². The molecule has 4 aliphatic carbocycles. The van der Waals surface area contributed by atoms with Gasteiger partial charge in [-0.3, -0.25) is 4.98 Å². The summed E-state index contributed by atoms with van der Waals surface area (Å²) in [5.74, 6) is 1.32. The van der Waals surface area contributed by atoms with Crippen molar-refractivity contribution >= 4 is 0 Å². The van der Waals surface area contributed by atoms with Crippen LogP contribution in [0, 0.1) is 28.6 Å². The Morgan fingerprint density at radius 1 is 0.893 bits per heavy atom. The van der Waals surface area contributed by atoms with Gasteiger partial charge in [-0.15, -0.1) is 0 Å². The summed E-state index contributed by atoms with van der Waals surface area (Å²) in [4.78, 5) is 4.12. The summed E-state index contributed by atoms with van der Waals surface area (Å²) in [5.41, 5.74) is -1.22. The molecule has 0 saturated heterocycles. The lowest BCUT2D eigenvalue weighted by molar-refractivity contribution is -0.238. The lowest BCUT2D eigenvalue weighted by atomic mass is 9.43. The number of nitrogens with zero attached hydrogens (tertiary/aromatic N) is 1. The molecule has 0 bridgehead atoms. The van der Waals surface area contributed by atoms with Crippen molar-refractivity contribution in [3.05, 3.63) is 30.1 Å². The molecule has 4 aliphatic rings. The summed E-state index contributed by atoms with van der Waals surface area (Å²) in [7, 11) is 0. The Balaban J connectivity index is 1.52. The normalized spacial score (nSPS) is 53.2. The largest absolute Gasteiger partial charge is 0.393 e. The van der Waals surface area contributed by atoms with E-state index in [0.717, 1.165) is 50.5 Å². The van der Waals surface area contributed by atoms with E-state index < -0.39 is 16.6 Å². The Labute approximate surface area is 168 Å². The van der Waals surface area contributed by atoms with Crippen LogP contribution in [0.15, 0.2) is 24.5 Å². The monoisotopic (exact) mass is 385 g/mol. The summed E-state index contributed by atoms with van der Waals surface area (Å²) in [6.07, 6.45) is 11.6. The second kappa shape index (κ2) is 6.02. The van der Waals surface area contributed by atoms with Crippen molar-refractivity contribution in [3.63, 3.8) is 0 Å². The summed E-state index contributed by atoms with van der Waals surface area (Å²) in [6, 6.07) is 3.84. The average Bonchev–Trinajstić information content (AvgIpc) is 2.91. The van der Waals surface area contributed by atoms with E-state index >= 15 is 0 Å². The first-order chi connectivity index (χ1) is 13.2. The number of aromatic nitrogens is 1. The Morgan fingerprint density at radius 2 is 1.64 bits per heavy atom. The number of aliphatic hydroxyl groups excluding tert-OH is 1. The first-order valence-electron chi connectivity index (χ1n) is 11.3. The Hall–Kier alpha value is -0.970. The molecule has 8 atom stereocenters. The van der Waals surface area contributed by atoms with Crippen LogP contribution in [0.2, 0.25) is 0 Å². The summed E-state index contributed by atoms with van der Waals surface area (Å²) < 4.78 is 0. The van der Waals surface area contributed by atoms with Crippen LogP contribution in [0.25, 0.3) is 0 Å². The lowest BCUT2D eigenvalue weighted by Gasteiger charge is -2.64. The van der Waals surface area contributed by atoms with Gasteiger partial charge in [0.15, 0.2) is 0 Å². The van der Waals surface area contributed by atoms with Gasteiger partial charge >= 0.3 is 0 Å². The predicted molar refractivity (Wildman–Crippen MR) is 107 cm³/mol. The molecule has 1 heterocycles. The molecule has 4 heteroatoms. The number of aliphatic hydroxyl groups is 3. The molecule has 4 saturated carbocycles. The Bertz CT molecular complexity index is 755. The fourth-order valence-electron chi connectivity index (χ4n) is 8.31. The minimum absolute atomic E-state index is 0.144. The molecule has 1 aromatic heterocycles. The van der Waals surface area contributed by atoms with Crippen LogP contribution in [-0.2, 0) is 5.60 Å². The van der Waals surface area contributed by atoms with Gasteiger partial charge in [-0.25, -0.2) is 0 Å². The second-order valence-corrected chi connectivity index (χ2v) is 10.8. The molecule has 3 N–H and O–H groups in total. The fourth-order valence-corrected chi connectivity index (χ4v) is 8.31. The molecule has 0 aromatic carbocycles. The number of hydrogen-bond donors (Lipinski definition) is 3. The van der Waals surface area contributed by atoms with E-state index in [-0.39, 0.29) is 17.4 Å². The molecule has 1 aromatic rings. The highest BCUT2D eigenvalue weighted by atomic mass is 16.3. The van der Waals surface area contributed by atoms with Gasteiger partial charge in [0.25, 0.3) is 0 Å². The number of hydrogen-bond acceptors (Lipinski definition) is 4. The predicted octanol–water partition coefficient (Wildman–Crippen LogP) is 3.79. The summed E-state index contributed by atoms with van der Waals surface area (Å²) in [5, 5.41) is 34.3. The maximum atomic E-state index is 12.2. The highest BCUT2D eigenvalue weighted by Gasteiger charge is 2.71. The molecular formula is C24H35NO3. The summed E-state index contributed by atoms with van der Waals surface area (Å²) in [6.45, 7) is 4.56. The lowest BCUT2D eigenvalue weighted by Crippen LogP contribution is -2.64. The van der Waals surface area contributed by atoms with E-state index in [1.54, 1.807) is 12.4 Å². The minimum atomic E-state index is -0.990. The van der Waals surface area contributed by atoms with Crippen molar-refractivity contribution in [3.8, 4) is 0 Å². The third-order valence-corrected chi connectivity index (χ3v) is 10.1. The number of rotatable bonds is 1. The van der Waals surface area contributed by atoms with E-state index in [1.807, 2.05) is 12.1 Å². The van der Waals surface area contributed by atoms with E-state index in [0.29, 0.717) is 24.7 Å². The fraction of sp³-hybridized carbons (Fsp3) is 0.792. The van der Waals surface area contributed by atoms with Crippen molar-refractivity contribution in [2.75, 3.05) is 0 Å². The SMILES string of the molecule is C[C@]12CC[C@H](O)C[C@@H]1CC[C@@H]1[C@@H]2CC[C@]2(C)[C@@](O)(c3ccncc3)CC[C@]12O. The Kier molecular flexibility index (Phi) is 4.09. The van der Waals surface area contributed by atoms with Crippen molar-refractivity contribution in [2.24, 2.45) is 28.6 Å². The Morgan fingerprint density at radius 3 is 2.39 bits per heavy atom. The van der Waals surface area contributed by atoms with Crippen LogP contribution in [0.5, 0.6) is 0 Å². The zero-order valence-corrected chi connectivity index (χ0v) is 17.3. The van der Waals surface area contributed by atoms with Crippen LogP contribution in [0.1, 0.15) is 77.2 Å². The topological polar surface area (TPSA) is 73.6 Å². The quantitative estimate of drug-likeness (QED) is 0.688. The average molecular weight is 386 g/mol. The minimum Gasteiger partial charge on any atom is -0.393 e. The van der Waals surface area contributed by atoms with Crippen molar-refractivity contribution in [1.82, 2.24) is 4.98 Å². The van der Waals surface area contributed by atoms with Crippen LogP contribution in [0.4, 0.5) is 0 Å². The van der Waals surface area contributed by atoms with Gasteiger partial charge in [0, 0.05) is 17.8 Å². The summed E-state index contributed by atoms with van der Waals surface area (Å²) >= 11 is 0. The molecule has 0 amide bonds. The van der Waals surface area contributed by atoms with Gasteiger partial charge in [0.1, 0.15) is 0 Å². The molecule has 154 valence electrons. The molecule has 4 fully saturated rings. The zero-order chi connectivity index (χ0) is 19.8. The van der Waals surface area contributed by atoms with Crippen molar-refractivity contribution < 1.29 is 15.3 Å². The molecule has 0 aliphatic heterocycles. The van der Waals surface area contributed by atoms with E-state index in [4.69, 9.17) is 0 Å². The standard InChI is InChI=1S/C24H35NO3/c1-21-9-5-18(26)15-17(21)3-4-20-19(21)6-10-22(2)23(27,11-12-24(20,22)28)16-7-13-25-14-8-16/h7-8,13-14,17-20,26-28H,3-6,9-12,15H2,1-2H3/t17-,18-,19-,20+,21-,22+,23-,24-/m0/s1. The first kappa shape index (κ1) is 19.0. The highest BCUT2D eigenvalue weighted by molar-refractivity contribution is 5.31. The molecule has 0 spiro atoms. The van der Waals surface area contributed by atoms with Gasteiger partial charge in [0.2, 0.25) is 0 Å². The van der Waals surface area contributed by atoms with E-state index in [9.17, 15) is 15.3 Å². The molecule has 0 unspecified atom stereocenters. The van der Waals surface area contributed by atoms with Gasteiger partial charge < -0.3 is 15.3 Å². The van der Waals surface area contributed by atoms with Crippen LogP contribution >= 0.6 is 0 Å². The third kappa shape index (κ3) is 2.20. The second-order valence-electron chi connectivity index (χ2n) is 10.8. The maximum Gasteiger partial charge on any atom is 0.0979 e. The molecule has 28 heavy (non-hydrogen) atoms. The highest BCUT2D eigenvalue weighted by Crippen LogP contribution is 2.71. The number of pyridine rings is 1. The van der Waals surface area contributed by atoms with Gasteiger partial charge in [0.05, 0.1) is 17.3 Å². The van der Waals surface area contributed by atoms with Crippen molar-refractivity contribution in [1.29, 1.82) is 0 Å². The van der Waals surface area contributed by atoms with Gasteiger partial charge in [-0.05, 0) is 98.7 Å². The maximum absolute atomic E-state index is 12.2. The first-order valence-corrected chi connectivity index (χ1v) is 11.3. The van der Waals surface area contributed by atoms with E-state index in [1.165, 1.54) is 0 Å². The van der Waals surface area contributed by atoms with Crippen LogP contribution in [0.3, 0.4) is 0 Å². The van der Waals surface area contributed by atoms with Crippen LogP contribution < -0.4 is 0 Å².